The Labute approximate surface area is 119 Å². The number of hydrogen-bond donors (Lipinski definition) is 2. The highest BCUT2D eigenvalue weighted by molar-refractivity contribution is 7.98. The molecular formula is C13H11N5OS. The maximum atomic E-state index is 9.80. The largest absolute Gasteiger partial charge is 0.506 e. The molecule has 3 rings (SSSR count). The average Bonchev–Trinajstić information content (AvgIpc) is 2.49. The predicted molar refractivity (Wildman–Crippen MR) is 78.3 cm³/mol. The van der Waals surface area contributed by atoms with E-state index in [1.807, 2.05) is 12.3 Å². The zero-order valence-corrected chi connectivity index (χ0v) is 11.4. The van der Waals surface area contributed by atoms with Gasteiger partial charge in [0.05, 0.1) is 11.9 Å². The molecule has 0 aliphatic rings. The summed E-state index contributed by atoms with van der Waals surface area (Å²) in [5.74, 6) is 0.688. The van der Waals surface area contributed by atoms with Crippen LogP contribution in [0.5, 0.6) is 5.75 Å². The van der Waals surface area contributed by atoms with Crippen molar-refractivity contribution in [2.24, 2.45) is 0 Å². The summed E-state index contributed by atoms with van der Waals surface area (Å²) in [7, 11) is 0. The fourth-order valence-electron chi connectivity index (χ4n) is 1.73. The summed E-state index contributed by atoms with van der Waals surface area (Å²) in [4.78, 5) is 16.9. The Balaban J connectivity index is 2.09. The fraction of sp³-hybridized carbons (Fsp3) is 0.0769. The van der Waals surface area contributed by atoms with Crippen LogP contribution in [0.3, 0.4) is 0 Å². The van der Waals surface area contributed by atoms with Crippen molar-refractivity contribution in [3.63, 3.8) is 0 Å². The van der Waals surface area contributed by atoms with Crippen LogP contribution in [0, 0.1) is 0 Å². The Morgan fingerprint density at radius 1 is 1.15 bits per heavy atom. The lowest BCUT2D eigenvalue weighted by atomic mass is 10.3. The Kier molecular flexibility index (Phi) is 3.34. The summed E-state index contributed by atoms with van der Waals surface area (Å²) in [6, 6.07) is 6.95. The molecule has 6 nitrogen and oxygen atoms in total. The van der Waals surface area contributed by atoms with Crippen molar-refractivity contribution < 1.29 is 5.11 Å². The number of aromatic hydroxyl groups is 1. The molecule has 7 heteroatoms. The number of thioether (sulfide) groups is 1. The molecule has 0 fully saturated rings. The van der Waals surface area contributed by atoms with E-state index < -0.39 is 0 Å². The van der Waals surface area contributed by atoms with E-state index in [1.165, 1.54) is 18.1 Å². The molecule has 0 unspecified atom stereocenters. The molecule has 0 bridgehead atoms. The van der Waals surface area contributed by atoms with Crippen molar-refractivity contribution in [1.29, 1.82) is 0 Å². The van der Waals surface area contributed by atoms with Gasteiger partial charge in [0.25, 0.3) is 0 Å². The van der Waals surface area contributed by atoms with E-state index in [0.29, 0.717) is 27.7 Å². The van der Waals surface area contributed by atoms with E-state index in [2.05, 4.69) is 25.3 Å². The molecule has 1 aromatic carbocycles. The van der Waals surface area contributed by atoms with Gasteiger partial charge >= 0.3 is 0 Å². The molecule has 3 aromatic rings. The Hall–Kier alpha value is -2.41. The molecule has 0 spiro atoms. The topological polar surface area (TPSA) is 83.8 Å². The number of phenols is 1. The third-order valence-corrected chi connectivity index (χ3v) is 3.26. The van der Waals surface area contributed by atoms with E-state index in [0.717, 1.165) is 0 Å². The van der Waals surface area contributed by atoms with E-state index in [4.69, 9.17) is 0 Å². The van der Waals surface area contributed by atoms with Gasteiger partial charge in [-0.3, -0.25) is 0 Å². The van der Waals surface area contributed by atoms with Crippen LogP contribution in [-0.2, 0) is 0 Å². The lowest BCUT2D eigenvalue weighted by Crippen LogP contribution is -1.99. The molecular weight excluding hydrogens is 274 g/mol. The zero-order chi connectivity index (χ0) is 13.9. The molecule has 0 saturated heterocycles. The van der Waals surface area contributed by atoms with Crippen LogP contribution >= 0.6 is 11.8 Å². The summed E-state index contributed by atoms with van der Waals surface area (Å²) < 4.78 is 0. The van der Waals surface area contributed by atoms with Crippen LogP contribution in [0.1, 0.15) is 0 Å². The Bertz CT molecular complexity index is 765. The molecule has 2 aromatic heterocycles. The van der Waals surface area contributed by atoms with Gasteiger partial charge in [-0.15, -0.1) is 0 Å². The van der Waals surface area contributed by atoms with E-state index in [9.17, 15) is 5.11 Å². The number of nitrogens with zero attached hydrogens (tertiary/aromatic N) is 4. The molecule has 0 radical (unpaired) electrons. The van der Waals surface area contributed by atoms with E-state index in [-0.39, 0.29) is 5.75 Å². The van der Waals surface area contributed by atoms with Gasteiger partial charge in [0.15, 0.2) is 11.0 Å². The third kappa shape index (κ3) is 2.35. The van der Waals surface area contributed by atoms with Crippen LogP contribution in [0.15, 0.2) is 41.9 Å². The highest BCUT2D eigenvalue weighted by Gasteiger charge is 2.09. The van der Waals surface area contributed by atoms with Crippen molar-refractivity contribution >= 4 is 34.3 Å². The first-order valence-corrected chi connectivity index (χ1v) is 7.07. The number of nitrogens with one attached hydrogen (secondary N) is 1. The highest BCUT2D eigenvalue weighted by Crippen LogP contribution is 2.27. The minimum absolute atomic E-state index is 0.151. The SMILES string of the molecule is CSc1ncc2ncnc(Nc3ccccc3O)c2n1. The van der Waals surface area contributed by atoms with Gasteiger partial charge < -0.3 is 10.4 Å². The van der Waals surface area contributed by atoms with Gasteiger partial charge in [-0.2, -0.15) is 0 Å². The van der Waals surface area contributed by atoms with Crippen molar-refractivity contribution in [2.75, 3.05) is 11.6 Å². The van der Waals surface area contributed by atoms with Gasteiger partial charge in [0, 0.05) is 0 Å². The Morgan fingerprint density at radius 2 is 2.00 bits per heavy atom. The first-order valence-electron chi connectivity index (χ1n) is 5.84. The van der Waals surface area contributed by atoms with Gasteiger partial charge in [-0.25, -0.2) is 19.9 Å². The number of rotatable bonds is 3. The van der Waals surface area contributed by atoms with E-state index >= 15 is 0 Å². The number of anilines is 2. The van der Waals surface area contributed by atoms with Crippen molar-refractivity contribution in [1.82, 2.24) is 19.9 Å². The molecule has 0 aliphatic heterocycles. The summed E-state index contributed by atoms with van der Waals surface area (Å²) in [6.45, 7) is 0. The zero-order valence-electron chi connectivity index (χ0n) is 10.6. The van der Waals surface area contributed by atoms with Crippen molar-refractivity contribution in [3.05, 3.63) is 36.8 Å². The highest BCUT2D eigenvalue weighted by atomic mass is 32.2. The van der Waals surface area contributed by atoms with Crippen LogP contribution in [0.4, 0.5) is 11.5 Å². The number of benzene rings is 1. The molecule has 0 amide bonds. The fourth-order valence-corrected chi connectivity index (χ4v) is 2.08. The first kappa shape index (κ1) is 12.6. The second-order valence-corrected chi connectivity index (χ2v) is 4.73. The Morgan fingerprint density at radius 3 is 2.80 bits per heavy atom. The second-order valence-electron chi connectivity index (χ2n) is 3.95. The lowest BCUT2D eigenvalue weighted by Gasteiger charge is -2.09. The summed E-state index contributed by atoms with van der Waals surface area (Å²) in [6.07, 6.45) is 5.00. The number of hydrogen-bond acceptors (Lipinski definition) is 7. The van der Waals surface area contributed by atoms with Gasteiger partial charge in [0.2, 0.25) is 0 Å². The van der Waals surface area contributed by atoms with Crippen molar-refractivity contribution in [3.8, 4) is 5.75 Å². The van der Waals surface area contributed by atoms with Crippen LogP contribution in [-0.4, -0.2) is 31.3 Å². The summed E-state index contributed by atoms with van der Waals surface area (Å²) in [5.41, 5.74) is 1.84. The minimum Gasteiger partial charge on any atom is -0.506 e. The molecule has 20 heavy (non-hydrogen) atoms. The first-order chi connectivity index (χ1) is 9.78. The van der Waals surface area contributed by atoms with Gasteiger partial charge in [-0.05, 0) is 18.4 Å². The molecule has 0 aliphatic carbocycles. The third-order valence-electron chi connectivity index (χ3n) is 2.69. The molecule has 100 valence electrons. The normalized spacial score (nSPS) is 10.7. The molecule has 2 N–H and O–H groups in total. The monoisotopic (exact) mass is 285 g/mol. The standard InChI is InChI=1S/C13H11N5OS/c1-20-13-14-6-9-11(18-13)12(16-7-15-9)17-8-4-2-3-5-10(8)19/h2-7,19H,1H3,(H,15,16,17). The average molecular weight is 285 g/mol. The maximum absolute atomic E-state index is 9.80. The van der Waals surface area contributed by atoms with Crippen LogP contribution in [0.2, 0.25) is 0 Å². The second kappa shape index (κ2) is 5.30. The number of aromatic nitrogens is 4. The summed E-state index contributed by atoms with van der Waals surface area (Å²) in [5, 5.41) is 13.5. The lowest BCUT2D eigenvalue weighted by molar-refractivity contribution is 0.477. The quantitative estimate of drug-likeness (QED) is 0.434. The number of phenolic OH excluding ortho intramolecular Hbond substituents is 1. The minimum atomic E-state index is 0.151. The van der Waals surface area contributed by atoms with E-state index in [1.54, 1.807) is 24.4 Å². The molecule has 0 saturated carbocycles. The van der Waals surface area contributed by atoms with Gasteiger partial charge in [-0.1, -0.05) is 23.9 Å². The van der Waals surface area contributed by atoms with Crippen LogP contribution in [0.25, 0.3) is 11.0 Å². The number of para-hydroxylation sites is 2. The smallest absolute Gasteiger partial charge is 0.188 e. The molecule has 2 heterocycles. The summed E-state index contributed by atoms with van der Waals surface area (Å²) >= 11 is 1.45. The molecule has 0 atom stereocenters. The number of fused-ring (bicyclic) bond motifs is 1. The maximum Gasteiger partial charge on any atom is 0.188 e. The predicted octanol–water partition coefficient (Wildman–Crippen LogP) is 2.59. The van der Waals surface area contributed by atoms with Crippen LogP contribution < -0.4 is 5.32 Å². The van der Waals surface area contributed by atoms with Crippen molar-refractivity contribution in [2.45, 2.75) is 5.16 Å². The van der Waals surface area contributed by atoms with Gasteiger partial charge in [0.1, 0.15) is 23.1 Å².